The van der Waals surface area contributed by atoms with Crippen molar-refractivity contribution in [3.8, 4) is 0 Å². The highest BCUT2D eigenvalue weighted by Crippen LogP contribution is 2.00. The maximum absolute atomic E-state index is 11.1. The first-order valence-electron chi connectivity index (χ1n) is 4.99. The second-order valence-corrected chi connectivity index (χ2v) is 3.18. The molecule has 0 aromatic heterocycles. The molecule has 0 rings (SSSR count). The quantitative estimate of drug-likeness (QED) is 0.555. The molecule has 5 nitrogen and oxygen atoms in total. The Balaban J connectivity index is 3.98. The first-order chi connectivity index (χ1) is 7.11. The van der Waals surface area contributed by atoms with Crippen molar-refractivity contribution in [2.24, 2.45) is 0 Å². The number of urea groups is 1. The maximum atomic E-state index is 11.1. The molecule has 0 radical (unpaired) electrons. The minimum atomic E-state index is -1.00. The SMILES string of the molecule is C=CCNC(=O)N[C@@H](CCCC)C(=O)O. The van der Waals surface area contributed by atoms with Crippen LogP contribution >= 0.6 is 0 Å². The van der Waals surface area contributed by atoms with Crippen molar-refractivity contribution < 1.29 is 14.7 Å². The Labute approximate surface area is 89.6 Å². The molecule has 0 heterocycles. The summed E-state index contributed by atoms with van der Waals surface area (Å²) in [5, 5.41) is 13.7. The van der Waals surface area contributed by atoms with E-state index in [9.17, 15) is 9.59 Å². The molecule has 0 saturated carbocycles. The predicted molar refractivity (Wildman–Crippen MR) is 57.7 cm³/mol. The fourth-order valence-corrected chi connectivity index (χ4v) is 1.04. The molecule has 0 spiro atoms. The number of hydrogen-bond acceptors (Lipinski definition) is 2. The molecule has 0 unspecified atom stereocenters. The number of unbranched alkanes of at least 4 members (excludes halogenated alkanes) is 1. The second-order valence-electron chi connectivity index (χ2n) is 3.18. The van der Waals surface area contributed by atoms with Gasteiger partial charge in [0.1, 0.15) is 6.04 Å². The van der Waals surface area contributed by atoms with E-state index in [1.165, 1.54) is 6.08 Å². The Morgan fingerprint density at radius 3 is 2.67 bits per heavy atom. The highest BCUT2D eigenvalue weighted by atomic mass is 16.4. The van der Waals surface area contributed by atoms with Gasteiger partial charge in [0.05, 0.1) is 0 Å². The van der Waals surface area contributed by atoms with Gasteiger partial charge in [0.25, 0.3) is 0 Å². The van der Waals surface area contributed by atoms with Crippen LogP contribution in [-0.2, 0) is 4.79 Å². The van der Waals surface area contributed by atoms with E-state index in [-0.39, 0.29) is 0 Å². The van der Waals surface area contributed by atoms with Gasteiger partial charge < -0.3 is 15.7 Å². The van der Waals surface area contributed by atoms with Gasteiger partial charge in [-0.15, -0.1) is 6.58 Å². The van der Waals surface area contributed by atoms with Crippen molar-refractivity contribution in [1.29, 1.82) is 0 Å². The fourth-order valence-electron chi connectivity index (χ4n) is 1.04. The first-order valence-corrected chi connectivity index (χ1v) is 4.99. The lowest BCUT2D eigenvalue weighted by Gasteiger charge is -2.14. The van der Waals surface area contributed by atoms with E-state index < -0.39 is 18.0 Å². The van der Waals surface area contributed by atoms with Crippen LogP contribution in [0.25, 0.3) is 0 Å². The molecule has 0 aliphatic rings. The zero-order chi connectivity index (χ0) is 11.7. The average molecular weight is 214 g/mol. The number of aliphatic carboxylic acids is 1. The zero-order valence-corrected chi connectivity index (χ0v) is 8.95. The van der Waals surface area contributed by atoms with Crippen molar-refractivity contribution in [1.82, 2.24) is 10.6 Å². The van der Waals surface area contributed by atoms with E-state index in [4.69, 9.17) is 5.11 Å². The smallest absolute Gasteiger partial charge is 0.326 e. The summed E-state index contributed by atoms with van der Waals surface area (Å²) < 4.78 is 0. The summed E-state index contributed by atoms with van der Waals surface area (Å²) in [5.41, 5.74) is 0. The van der Waals surface area contributed by atoms with Crippen molar-refractivity contribution in [2.75, 3.05) is 6.54 Å². The lowest BCUT2D eigenvalue weighted by molar-refractivity contribution is -0.139. The van der Waals surface area contributed by atoms with Gasteiger partial charge in [0, 0.05) is 6.54 Å². The van der Waals surface area contributed by atoms with Crippen LogP contribution < -0.4 is 10.6 Å². The van der Waals surface area contributed by atoms with E-state index in [2.05, 4.69) is 17.2 Å². The highest BCUT2D eigenvalue weighted by molar-refractivity contribution is 5.82. The summed E-state index contributed by atoms with van der Waals surface area (Å²) >= 11 is 0. The topological polar surface area (TPSA) is 78.4 Å². The van der Waals surface area contributed by atoms with E-state index in [1.54, 1.807) is 0 Å². The predicted octanol–water partition coefficient (Wildman–Crippen LogP) is 1.11. The third-order valence-electron chi connectivity index (χ3n) is 1.86. The molecule has 86 valence electrons. The summed E-state index contributed by atoms with van der Waals surface area (Å²) in [4.78, 5) is 21.9. The summed E-state index contributed by atoms with van der Waals surface area (Å²) in [7, 11) is 0. The minimum absolute atomic E-state index is 0.325. The summed E-state index contributed by atoms with van der Waals surface area (Å²) in [6.07, 6.45) is 3.66. The van der Waals surface area contributed by atoms with Crippen LogP contribution in [0.4, 0.5) is 4.79 Å². The molecule has 5 heteroatoms. The monoisotopic (exact) mass is 214 g/mol. The van der Waals surface area contributed by atoms with Crippen LogP contribution in [0.2, 0.25) is 0 Å². The molecule has 0 fully saturated rings. The Morgan fingerprint density at radius 1 is 1.53 bits per heavy atom. The van der Waals surface area contributed by atoms with E-state index in [1.807, 2.05) is 6.92 Å². The highest BCUT2D eigenvalue weighted by Gasteiger charge is 2.18. The molecular formula is C10H18N2O3. The molecular weight excluding hydrogens is 196 g/mol. The minimum Gasteiger partial charge on any atom is -0.480 e. The van der Waals surface area contributed by atoms with Gasteiger partial charge in [-0.2, -0.15) is 0 Å². The molecule has 0 aromatic rings. The Morgan fingerprint density at radius 2 is 2.20 bits per heavy atom. The van der Waals surface area contributed by atoms with Crippen LogP contribution in [0, 0.1) is 0 Å². The lowest BCUT2D eigenvalue weighted by atomic mass is 10.1. The van der Waals surface area contributed by atoms with Crippen LogP contribution in [0.15, 0.2) is 12.7 Å². The number of carbonyl (C=O) groups is 2. The third kappa shape index (κ3) is 6.54. The molecule has 3 N–H and O–H groups in total. The summed E-state index contributed by atoms with van der Waals surface area (Å²) in [6, 6.07) is -1.28. The number of carbonyl (C=O) groups excluding carboxylic acids is 1. The van der Waals surface area contributed by atoms with Crippen molar-refractivity contribution in [2.45, 2.75) is 32.2 Å². The number of carboxylic acids is 1. The molecule has 1 atom stereocenters. The average Bonchev–Trinajstić information content (AvgIpc) is 2.20. The molecule has 0 bridgehead atoms. The molecule has 0 saturated heterocycles. The van der Waals surface area contributed by atoms with Gasteiger partial charge in [-0.1, -0.05) is 25.8 Å². The molecule has 0 aliphatic heterocycles. The second kappa shape index (κ2) is 7.84. The Kier molecular flexibility index (Phi) is 7.05. The van der Waals surface area contributed by atoms with Crippen LogP contribution in [0.1, 0.15) is 26.2 Å². The fraction of sp³-hybridized carbons (Fsp3) is 0.600. The molecule has 15 heavy (non-hydrogen) atoms. The largest absolute Gasteiger partial charge is 0.480 e. The van der Waals surface area contributed by atoms with Gasteiger partial charge in [-0.25, -0.2) is 9.59 Å². The lowest BCUT2D eigenvalue weighted by Crippen LogP contribution is -2.45. The van der Waals surface area contributed by atoms with Gasteiger partial charge in [0.2, 0.25) is 0 Å². The standard InChI is InChI=1S/C10H18N2O3/c1-3-5-6-8(9(13)14)12-10(15)11-7-4-2/h4,8H,2-3,5-7H2,1H3,(H,13,14)(H2,11,12,15)/t8-/m0/s1. The summed E-state index contributed by atoms with van der Waals surface area (Å²) in [6.45, 7) is 5.73. The maximum Gasteiger partial charge on any atom is 0.326 e. The number of nitrogens with one attached hydrogen (secondary N) is 2. The van der Waals surface area contributed by atoms with E-state index >= 15 is 0 Å². The van der Waals surface area contributed by atoms with Gasteiger partial charge >= 0.3 is 12.0 Å². The third-order valence-corrected chi connectivity index (χ3v) is 1.86. The number of amides is 2. The van der Waals surface area contributed by atoms with Crippen molar-refractivity contribution >= 4 is 12.0 Å². The molecule has 0 aromatic carbocycles. The van der Waals surface area contributed by atoms with Crippen LogP contribution in [0.5, 0.6) is 0 Å². The first kappa shape index (κ1) is 13.5. The number of hydrogen-bond donors (Lipinski definition) is 3. The van der Waals surface area contributed by atoms with Crippen LogP contribution in [0.3, 0.4) is 0 Å². The van der Waals surface area contributed by atoms with Crippen LogP contribution in [-0.4, -0.2) is 29.7 Å². The van der Waals surface area contributed by atoms with Crippen molar-refractivity contribution in [3.63, 3.8) is 0 Å². The molecule has 0 aliphatic carbocycles. The zero-order valence-electron chi connectivity index (χ0n) is 8.95. The normalized spacial score (nSPS) is 11.5. The number of rotatable bonds is 7. The Bertz CT molecular complexity index is 229. The van der Waals surface area contributed by atoms with E-state index in [0.717, 1.165) is 12.8 Å². The van der Waals surface area contributed by atoms with Gasteiger partial charge in [-0.3, -0.25) is 0 Å². The molecule has 2 amide bonds. The Hall–Kier alpha value is -1.52. The van der Waals surface area contributed by atoms with Crippen molar-refractivity contribution in [3.05, 3.63) is 12.7 Å². The van der Waals surface area contributed by atoms with Gasteiger partial charge in [0.15, 0.2) is 0 Å². The number of carboxylic acid groups (broad SMARTS) is 1. The van der Waals surface area contributed by atoms with E-state index in [0.29, 0.717) is 13.0 Å². The van der Waals surface area contributed by atoms with Gasteiger partial charge in [-0.05, 0) is 6.42 Å². The summed E-state index contributed by atoms with van der Waals surface area (Å²) in [5.74, 6) is -1.00.